The molecule has 1 saturated heterocycles. The van der Waals surface area contributed by atoms with Gasteiger partial charge in [-0.1, -0.05) is 11.2 Å². The van der Waals surface area contributed by atoms with Gasteiger partial charge < -0.3 is 19.3 Å². The highest BCUT2D eigenvalue weighted by Gasteiger charge is 2.38. The molecule has 0 radical (unpaired) electrons. The van der Waals surface area contributed by atoms with Crippen molar-refractivity contribution in [1.29, 1.82) is 0 Å². The summed E-state index contributed by atoms with van der Waals surface area (Å²) in [5, 5.41) is 5.69. The number of halogens is 4. The highest BCUT2D eigenvalue weighted by atomic mass is 19.4. The number of nitrogens with zero attached hydrogens (tertiary/aromatic N) is 2. The molecule has 1 atom stereocenters. The zero-order chi connectivity index (χ0) is 19.8. The first kappa shape index (κ1) is 19.2. The van der Waals surface area contributed by atoms with Gasteiger partial charge in [0.1, 0.15) is 11.9 Å². The Labute approximate surface area is 150 Å². The van der Waals surface area contributed by atoms with Crippen molar-refractivity contribution >= 4 is 5.91 Å². The lowest BCUT2D eigenvalue weighted by molar-refractivity contribution is -0.159. The Morgan fingerprint density at radius 2 is 2.11 bits per heavy atom. The Hall–Kier alpha value is -2.53. The van der Waals surface area contributed by atoms with E-state index in [4.69, 9.17) is 9.47 Å². The van der Waals surface area contributed by atoms with E-state index < -0.39 is 35.4 Å². The van der Waals surface area contributed by atoms with Crippen LogP contribution in [0.25, 0.3) is 11.4 Å². The molecule has 0 spiro atoms. The number of hydrogen-bond donors (Lipinski definition) is 1. The van der Waals surface area contributed by atoms with Crippen molar-refractivity contribution in [2.24, 2.45) is 0 Å². The molecular formula is C16H15F4N3O4. The Morgan fingerprint density at radius 1 is 1.37 bits per heavy atom. The van der Waals surface area contributed by atoms with E-state index in [2.05, 4.69) is 20.0 Å². The number of hydrogen-bond acceptors (Lipinski definition) is 6. The first-order valence-electron chi connectivity index (χ1n) is 7.86. The van der Waals surface area contributed by atoms with Crippen molar-refractivity contribution < 1.29 is 36.4 Å². The largest absolute Gasteiger partial charge is 0.471 e. The standard InChI is InChI=1S/C16H15F4N3O4/c1-15(2)25-7-9(26-15)6-21-13(24)10-4-3-8(5-11(10)17)12-22-14(27-23-12)16(18,19)20/h3-5,9H,6-7H2,1-2H3,(H,21,24). The molecule has 146 valence electrons. The molecule has 0 saturated carbocycles. The topological polar surface area (TPSA) is 86.5 Å². The first-order chi connectivity index (χ1) is 12.5. The second-order valence-corrected chi connectivity index (χ2v) is 6.28. The van der Waals surface area contributed by atoms with Crippen molar-refractivity contribution in [3.63, 3.8) is 0 Å². The van der Waals surface area contributed by atoms with Crippen LogP contribution in [-0.2, 0) is 15.7 Å². The quantitative estimate of drug-likeness (QED) is 0.810. The predicted molar refractivity (Wildman–Crippen MR) is 81.9 cm³/mol. The minimum atomic E-state index is -4.80. The van der Waals surface area contributed by atoms with E-state index in [1.165, 1.54) is 6.07 Å². The number of carbonyl (C=O) groups is 1. The number of aromatic nitrogens is 2. The lowest BCUT2D eigenvalue weighted by atomic mass is 10.1. The Balaban J connectivity index is 1.67. The lowest BCUT2D eigenvalue weighted by Gasteiger charge is -2.17. The predicted octanol–water partition coefficient (Wildman–Crippen LogP) is 2.78. The van der Waals surface area contributed by atoms with Crippen LogP contribution in [0, 0.1) is 5.82 Å². The van der Waals surface area contributed by atoms with Crippen LogP contribution in [0.2, 0.25) is 0 Å². The number of alkyl halides is 3. The second kappa shape index (κ2) is 6.89. The van der Waals surface area contributed by atoms with E-state index >= 15 is 0 Å². The minimum absolute atomic E-state index is 0.0578. The van der Waals surface area contributed by atoms with Crippen LogP contribution < -0.4 is 5.32 Å². The number of benzene rings is 1. The Bertz CT molecular complexity index is 850. The van der Waals surface area contributed by atoms with Crippen LogP contribution in [0.4, 0.5) is 17.6 Å². The fraction of sp³-hybridized carbons (Fsp3) is 0.438. The summed E-state index contributed by atoms with van der Waals surface area (Å²) in [7, 11) is 0. The van der Waals surface area contributed by atoms with Gasteiger partial charge >= 0.3 is 12.1 Å². The van der Waals surface area contributed by atoms with Gasteiger partial charge in [-0.15, -0.1) is 0 Å². The summed E-state index contributed by atoms with van der Waals surface area (Å²) in [5.41, 5.74) is -0.339. The SMILES string of the molecule is CC1(C)OCC(CNC(=O)c2ccc(-c3noc(C(F)(F)F)n3)cc2F)O1. The van der Waals surface area contributed by atoms with Crippen LogP contribution >= 0.6 is 0 Å². The number of amides is 1. The molecule has 11 heteroatoms. The van der Waals surface area contributed by atoms with Crippen LogP contribution in [0.3, 0.4) is 0 Å². The third-order valence-corrected chi connectivity index (χ3v) is 3.70. The van der Waals surface area contributed by atoms with E-state index in [-0.39, 0.29) is 30.4 Å². The van der Waals surface area contributed by atoms with E-state index in [0.29, 0.717) is 0 Å². The molecule has 0 bridgehead atoms. The van der Waals surface area contributed by atoms with Gasteiger partial charge in [-0.3, -0.25) is 4.79 Å². The number of ether oxygens (including phenoxy) is 2. The number of rotatable bonds is 4. The van der Waals surface area contributed by atoms with Gasteiger partial charge in [-0.05, 0) is 26.0 Å². The number of carbonyl (C=O) groups excluding carboxylic acids is 1. The molecular weight excluding hydrogens is 374 g/mol. The van der Waals surface area contributed by atoms with Crippen molar-refractivity contribution in [2.75, 3.05) is 13.2 Å². The summed E-state index contributed by atoms with van der Waals surface area (Å²) >= 11 is 0. The van der Waals surface area contributed by atoms with E-state index in [9.17, 15) is 22.4 Å². The summed E-state index contributed by atoms with van der Waals surface area (Å²) < 4.78 is 66.7. The van der Waals surface area contributed by atoms with Crippen molar-refractivity contribution in [3.05, 3.63) is 35.5 Å². The van der Waals surface area contributed by atoms with Gasteiger partial charge in [-0.25, -0.2) is 4.39 Å². The third kappa shape index (κ3) is 4.42. The Morgan fingerprint density at radius 3 is 2.67 bits per heavy atom. The zero-order valence-electron chi connectivity index (χ0n) is 14.3. The van der Waals surface area contributed by atoms with Crippen LogP contribution in [0.5, 0.6) is 0 Å². The highest BCUT2D eigenvalue weighted by Crippen LogP contribution is 2.29. The normalized spacial score (nSPS) is 19.3. The van der Waals surface area contributed by atoms with E-state index in [1.807, 2.05) is 0 Å². The molecule has 1 unspecified atom stereocenters. The molecule has 2 aromatic rings. The fourth-order valence-corrected chi connectivity index (χ4v) is 2.46. The monoisotopic (exact) mass is 389 g/mol. The summed E-state index contributed by atoms with van der Waals surface area (Å²) in [6.07, 6.45) is -5.17. The molecule has 1 N–H and O–H groups in total. The van der Waals surface area contributed by atoms with Crippen LogP contribution in [0.15, 0.2) is 22.7 Å². The van der Waals surface area contributed by atoms with Gasteiger partial charge in [0.15, 0.2) is 5.79 Å². The van der Waals surface area contributed by atoms with Crippen molar-refractivity contribution in [2.45, 2.75) is 31.9 Å². The third-order valence-electron chi connectivity index (χ3n) is 3.70. The summed E-state index contributed by atoms with van der Waals surface area (Å²) in [6, 6.07) is 3.21. The molecule has 3 rings (SSSR count). The molecule has 1 amide bonds. The van der Waals surface area contributed by atoms with Gasteiger partial charge in [0, 0.05) is 12.1 Å². The Kier molecular flexibility index (Phi) is 4.91. The average molecular weight is 389 g/mol. The maximum Gasteiger partial charge on any atom is 0.471 e. The fourth-order valence-electron chi connectivity index (χ4n) is 2.46. The molecule has 1 aromatic carbocycles. The van der Waals surface area contributed by atoms with Gasteiger partial charge in [0.2, 0.25) is 5.82 Å². The van der Waals surface area contributed by atoms with E-state index in [1.54, 1.807) is 13.8 Å². The molecule has 7 nitrogen and oxygen atoms in total. The summed E-state index contributed by atoms with van der Waals surface area (Å²) in [6.45, 7) is 3.86. The smallest absolute Gasteiger partial charge is 0.349 e. The van der Waals surface area contributed by atoms with Crippen LogP contribution in [0.1, 0.15) is 30.1 Å². The summed E-state index contributed by atoms with van der Waals surface area (Å²) in [5.74, 6) is -4.36. The van der Waals surface area contributed by atoms with E-state index in [0.717, 1.165) is 12.1 Å². The minimum Gasteiger partial charge on any atom is -0.349 e. The maximum absolute atomic E-state index is 14.2. The molecule has 1 aliphatic rings. The zero-order valence-corrected chi connectivity index (χ0v) is 14.3. The molecule has 0 aliphatic carbocycles. The summed E-state index contributed by atoms with van der Waals surface area (Å²) in [4.78, 5) is 15.3. The van der Waals surface area contributed by atoms with Gasteiger partial charge in [0.25, 0.3) is 5.91 Å². The van der Waals surface area contributed by atoms with Crippen molar-refractivity contribution in [3.8, 4) is 11.4 Å². The average Bonchev–Trinajstić information content (AvgIpc) is 3.19. The molecule has 2 heterocycles. The van der Waals surface area contributed by atoms with Gasteiger partial charge in [-0.2, -0.15) is 18.2 Å². The molecule has 1 fully saturated rings. The second-order valence-electron chi connectivity index (χ2n) is 6.28. The highest BCUT2D eigenvalue weighted by molar-refractivity contribution is 5.94. The number of nitrogens with one attached hydrogen (secondary N) is 1. The van der Waals surface area contributed by atoms with Crippen molar-refractivity contribution in [1.82, 2.24) is 15.5 Å². The first-order valence-corrected chi connectivity index (χ1v) is 7.86. The lowest BCUT2D eigenvalue weighted by Crippen LogP contribution is -2.34. The maximum atomic E-state index is 14.2. The van der Waals surface area contributed by atoms with Gasteiger partial charge in [0.05, 0.1) is 12.2 Å². The molecule has 1 aliphatic heterocycles. The van der Waals surface area contributed by atoms with Crippen LogP contribution in [-0.4, -0.2) is 41.1 Å². The molecule has 1 aromatic heterocycles. The molecule has 27 heavy (non-hydrogen) atoms.